The van der Waals surface area contributed by atoms with Crippen molar-refractivity contribution in [2.24, 2.45) is 0 Å². The number of esters is 1. The van der Waals surface area contributed by atoms with E-state index < -0.39 is 0 Å². The van der Waals surface area contributed by atoms with Crippen molar-refractivity contribution in [3.8, 4) is 17.1 Å². The van der Waals surface area contributed by atoms with Gasteiger partial charge in [-0.3, -0.25) is 4.79 Å². The molecular weight excluding hydrogens is 218 g/mol. The second-order valence-electron chi connectivity index (χ2n) is 3.57. The van der Waals surface area contributed by atoms with Gasteiger partial charge < -0.3 is 14.9 Å². The van der Waals surface area contributed by atoms with Gasteiger partial charge in [-0.2, -0.15) is 0 Å². The Labute approximate surface area is 99.0 Å². The Balaban J connectivity index is 2.33. The fraction of sp³-hybridized carbons (Fsp3) is 0.154. The Bertz CT molecular complexity index is 531. The number of hydrogen-bond donors (Lipinski definition) is 1. The predicted octanol–water partition coefficient (Wildman–Crippen LogP) is 2.84. The van der Waals surface area contributed by atoms with Crippen molar-refractivity contribution in [2.45, 2.75) is 13.3 Å². The van der Waals surface area contributed by atoms with Gasteiger partial charge in [0.25, 0.3) is 0 Å². The lowest BCUT2D eigenvalue weighted by atomic mass is 10.1. The number of hydrogen-bond acceptors (Lipinski definition) is 4. The topological polar surface area (TPSA) is 65.5 Å². The van der Waals surface area contributed by atoms with Crippen LogP contribution in [-0.4, -0.2) is 5.97 Å². The average Bonchev–Trinajstić information content (AvgIpc) is 2.77. The minimum absolute atomic E-state index is 0.295. The maximum Gasteiger partial charge on any atom is 0.311 e. The Morgan fingerprint density at radius 1 is 1.41 bits per heavy atom. The molecule has 17 heavy (non-hydrogen) atoms. The number of carbonyl (C=O) groups excluding carboxylic acids is 1. The van der Waals surface area contributed by atoms with E-state index in [9.17, 15) is 4.79 Å². The third-order valence-electron chi connectivity index (χ3n) is 2.29. The molecule has 4 nitrogen and oxygen atoms in total. The van der Waals surface area contributed by atoms with Crippen LogP contribution in [0.5, 0.6) is 5.75 Å². The summed E-state index contributed by atoms with van der Waals surface area (Å²) in [6.07, 6.45) is 1.80. The zero-order valence-corrected chi connectivity index (χ0v) is 9.47. The van der Waals surface area contributed by atoms with Gasteiger partial charge in [-0.1, -0.05) is 19.1 Å². The standard InChI is InChI=1S/C13H13NO3/c1-2-12(15)17-11-6-7-16-13(11)9-4-3-5-10(14)8-9/h3-8H,2,14H2,1H3. The largest absolute Gasteiger partial charge is 0.460 e. The van der Waals surface area contributed by atoms with Gasteiger partial charge in [-0.05, 0) is 12.1 Å². The van der Waals surface area contributed by atoms with Crippen LogP contribution in [0.4, 0.5) is 5.69 Å². The van der Waals surface area contributed by atoms with Gasteiger partial charge in [0.05, 0.1) is 6.26 Å². The van der Waals surface area contributed by atoms with Gasteiger partial charge in [0.2, 0.25) is 0 Å². The highest BCUT2D eigenvalue weighted by Gasteiger charge is 2.13. The van der Waals surface area contributed by atoms with Crippen LogP contribution in [0, 0.1) is 0 Å². The van der Waals surface area contributed by atoms with Crippen molar-refractivity contribution in [2.75, 3.05) is 5.73 Å². The number of benzene rings is 1. The molecule has 2 N–H and O–H groups in total. The number of nitrogen functional groups attached to an aromatic ring is 1. The first-order valence-electron chi connectivity index (χ1n) is 5.34. The molecular formula is C13H13NO3. The van der Waals surface area contributed by atoms with Gasteiger partial charge >= 0.3 is 5.97 Å². The number of ether oxygens (including phenoxy) is 1. The molecule has 0 atom stereocenters. The normalized spacial score (nSPS) is 10.2. The van der Waals surface area contributed by atoms with Crippen molar-refractivity contribution in [1.82, 2.24) is 0 Å². The number of anilines is 1. The van der Waals surface area contributed by atoms with E-state index in [2.05, 4.69) is 0 Å². The van der Waals surface area contributed by atoms with E-state index in [1.807, 2.05) is 12.1 Å². The first-order chi connectivity index (χ1) is 8.20. The number of nitrogens with two attached hydrogens (primary N) is 1. The summed E-state index contributed by atoms with van der Waals surface area (Å²) in [5, 5.41) is 0. The second kappa shape index (κ2) is 4.74. The average molecular weight is 231 g/mol. The quantitative estimate of drug-likeness (QED) is 0.651. The molecule has 2 aromatic rings. The molecule has 0 spiro atoms. The van der Waals surface area contributed by atoms with Crippen molar-refractivity contribution in [3.63, 3.8) is 0 Å². The Kier molecular flexibility index (Phi) is 3.14. The zero-order chi connectivity index (χ0) is 12.3. The van der Waals surface area contributed by atoms with Crippen molar-refractivity contribution < 1.29 is 13.9 Å². The lowest BCUT2D eigenvalue weighted by molar-refractivity contribution is -0.134. The maximum atomic E-state index is 11.2. The molecule has 0 saturated heterocycles. The van der Waals surface area contributed by atoms with Crippen LogP contribution in [0.1, 0.15) is 13.3 Å². The summed E-state index contributed by atoms with van der Waals surface area (Å²) in [5.74, 6) is 0.637. The molecule has 0 radical (unpaired) electrons. The van der Waals surface area contributed by atoms with Crippen LogP contribution in [-0.2, 0) is 4.79 Å². The van der Waals surface area contributed by atoms with Crippen LogP contribution >= 0.6 is 0 Å². The zero-order valence-electron chi connectivity index (χ0n) is 9.47. The third kappa shape index (κ3) is 2.47. The lowest BCUT2D eigenvalue weighted by Crippen LogP contribution is -2.05. The SMILES string of the molecule is CCC(=O)Oc1ccoc1-c1cccc(N)c1. The molecule has 0 aliphatic heterocycles. The molecule has 2 rings (SSSR count). The van der Waals surface area contributed by atoms with E-state index in [0.717, 1.165) is 5.56 Å². The third-order valence-corrected chi connectivity index (χ3v) is 2.29. The van der Waals surface area contributed by atoms with Crippen LogP contribution in [0.2, 0.25) is 0 Å². The predicted molar refractivity (Wildman–Crippen MR) is 64.5 cm³/mol. The molecule has 0 fully saturated rings. The summed E-state index contributed by atoms with van der Waals surface area (Å²) in [7, 11) is 0. The monoisotopic (exact) mass is 231 g/mol. The summed E-state index contributed by atoms with van der Waals surface area (Å²) >= 11 is 0. The van der Waals surface area contributed by atoms with Gasteiger partial charge in [-0.25, -0.2) is 0 Å². The van der Waals surface area contributed by atoms with Gasteiger partial charge in [0, 0.05) is 23.7 Å². The molecule has 1 aromatic heterocycles. The van der Waals surface area contributed by atoms with E-state index in [4.69, 9.17) is 14.9 Å². The minimum Gasteiger partial charge on any atom is -0.460 e. The van der Waals surface area contributed by atoms with E-state index in [1.54, 1.807) is 25.1 Å². The Morgan fingerprint density at radius 2 is 2.24 bits per heavy atom. The molecule has 0 aliphatic rings. The van der Waals surface area contributed by atoms with Crippen molar-refractivity contribution in [1.29, 1.82) is 0 Å². The Morgan fingerprint density at radius 3 is 2.94 bits per heavy atom. The molecule has 1 aromatic carbocycles. The highest BCUT2D eigenvalue weighted by atomic mass is 16.5. The fourth-order valence-electron chi connectivity index (χ4n) is 1.46. The molecule has 4 heteroatoms. The minimum atomic E-state index is -0.295. The summed E-state index contributed by atoms with van der Waals surface area (Å²) in [5.41, 5.74) is 7.11. The van der Waals surface area contributed by atoms with Crippen molar-refractivity contribution in [3.05, 3.63) is 36.6 Å². The molecule has 0 amide bonds. The molecule has 1 heterocycles. The Hall–Kier alpha value is -2.23. The summed E-state index contributed by atoms with van der Waals surface area (Å²) < 4.78 is 10.5. The highest BCUT2D eigenvalue weighted by molar-refractivity contribution is 5.76. The van der Waals surface area contributed by atoms with Gasteiger partial charge in [0.1, 0.15) is 0 Å². The first kappa shape index (κ1) is 11.3. The summed E-state index contributed by atoms with van der Waals surface area (Å²) in [4.78, 5) is 11.2. The molecule has 0 bridgehead atoms. The van der Waals surface area contributed by atoms with Gasteiger partial charge in [0.15, 0.2) is 11.5 Å². The molecule has 0 aliphatic carbocycles. The van der Waals surface area contributed by atoms with E-state index in [-0.39, 0.29) is 5.97 Å². The molecule has 88 valence electrons. The lowest BCUT2D eigenvalue weighted by Gasteiger charge is -2.03. The molecule has 0 unspecified atom stereocenters. The van der Waals surface area contributed by atoms with E-state index >= 15 is 0 Å². The highest BCUT2D eigenvalue weighted by Crippen LogP contribution is 2.32. The number of furan rings is 1. The molecule has 0 saturated carbocycles. The number of rotatable bonds is 3. The number of carbonyl (C=O) groups is 1. The van der Waals surface area contributed by atoms with Crippen LogP contribution < -0.4 is 10.5 Å². The van der Waals surface area contributed by atoms with Crippen molar-refractivity contribution >= 4 is 11.7 Å². The van der Waals surface area contributed by atoms with Crippen LogP contribution in [0.3, 0.4) is 0 Å². The maximum absolute atomic E-state index is 11.2. The van der Waals surface area contributed by atoms with Crippen LogP contribution in [0.15, 0.2) is 41.0 Å². The fourth-order valence-corrected chi connectivity index (χ4v) is 1.46. The van der Waals surface area contributed by atoms with E-state index in [1.165, 1.54) is 6.26 Å². The smallest absolute Gasteiger partial charge is 0.311 e. The summed E-state index contributed by atoms with van der Waals surface area (Å²) in [6, 6.07) is 8.83. The first-order valence-corrected chi connectivity index (χ1v) is 5.34. The van der Waals surface area contributed by atoms with Crippen LogP contribution in [0.25, 0.3) is 11.3 Å². The van der Waals surface area contributed by atoms with Gasteiger partial charge in [-0.15, -0.1) is 0 Å². The second-order valence-corrected chi connectivity index (χ2v) is 3.57. The van der Waals surface area contributed by atoms with E-state index in [0.29, 0.717) is 23.6 Å². The summed E-state index contributed by atoms with van der Waals surface area (Å²) in [6.45, 7) is 1.74.